The summed E-state index contributed by atoms with van der Waals surface area (Å²) >= 11 is 1.39. The molecule has 2 aromatic heterocycles. The lowest BCUT2D eigenvalue weighted by Crippen LogP contribution is -2.51. The summed E-state index contributed by atoms with van der Waals surface area (Å²) in [5, 5.41) is 12.7. The number of nitriles is 1. The summed E-state index contributed by atoms with van der Waals surface area (Å²) in [6.45, 7) is 7.42. The first-order valence-electron chi connectivity index (χ1n) is 10.6. The number of nitrogens with zero attached hydrogens (tertiary/aromatic N) is 5. The van der Waals surface area contributed by atoms with E-state index < -0.39 is 0 Å². The van der Waals surface area contributed by atoms with E-state index in [4.69, 9.17) is 4.98 Å². The number of anilines is 1. The van der Waals surface area contributed by atoms with Crippen LogP contribution < -0.4 is 5.32 Å². The van der Waals surface area contributed by atoms with Crippen LogP contribution in [-0.4, -0.2) is 57.9 Å². The predicted octanol–water partition coefficient (Wildman–Crippen LogP) is 4.06. The summed E-state index contributed by atoms with van der Waals surface area (Å²) in [7, 11) is 0. The van der Waals surface area contributed by atoms with Crippen molar-refractivity contribution in [3.05, 3.63) is 53.3 Å². The number of carbonyl (C=O) groups is 2. The molecular formula is C24H24N6O2S. The number of hydrogen-bond donors (Lipinski definition) is 1. The Bertz CT molecular complexity index is 1230. The summed E-state index contributed by atoms with van der Waals surface area (Å²) < 4.78 is 0. The lowest BCUT2D eigenvalue weighted by molar-refractivity contribution is -0.130. The maximum Gasteiger partial charge on any atom is 0.323 e. The zero-order chi connectivity index (χ0) is 23.5. The van der Waals surface area contributed by atoms with Crippen molar-refractivity contribution in [3.63, 3.8) is 0 Å². The molecule has 0 unspecified atom stereocenters. The van der Waals surface area contributed by atoms with Crippen LogP contribution in [0.25, 0.3) is 21.7 Å². The van der Waals surface area contributed by atoms with Crippen LogP contribution in [-0.2, 0) is 4.79 Å². The third-order valence-corrected chi connectivity index (χ3v) is 6.48. The second-order valence-corrected chi connectivity index (χ2v) is 8.95. The fourth-order valence-corrected chi connectivity index (χ4v) is 4.83. The molecule has 4 rings (SSSR count). The zero-order valence-corrected chi connectivity index (χ0v) is 19.6. The van der Waals surface area contributed by atoms with Crippen molar-refractivity contribution < 1.29 is 9.59 Å². The van der Waals surface area contributed by atoms with E-state index in [1.165, 1.54) is 18.3 Å². The quantitative estimate of drug-likeness (QED) is 0.635. The van der Waals surface area contributed by atoms with Gasteiger partial charge < -0.3 is 9.80 Å². The summed E-state index contributed by atoms with van der Waals surface area (Å²) in [4.78, 5) is 37.9. The van der Waals surface area contributed by atoms with Gasteiger partial charge in [-0.1, -0.05) is 23.5 Å². The number of thiazole rings is 1. The average molecular weight is 461 g/mol. The molecule has 1 fully saturated rings. The minimum absolute atomic E-state index is 0.0202. The molecule has 1 aliphatic heterocycles. The Morgan fingerprint density at radius 2 is 1.67 bits per heavy atom. The molecule has 1 aliphatic rings. The third-order valence-electron chi connectivity index (χ3n) is 5.46. The van der Waals surface area contributed by atoms with Crippen LogP contribution in [0, 0.1) is 25.2 Å². The van der Waals surface area contributed by atoms with Gasteiger partial charge in [-0.2, -0.15) is 5.26 Å². The number of nitrogens with one attached hydrogen (secondary N) is 1. The van der Waals surface area contributed by atoms with E-state index in [1.54, 1.807) is 21.9 Å². The first-order valence-corrected chi connectivity index (χ1v) is 11.4. The number of amides is 3. The van der Waals surface area contributed by atoms with Crippen molar-refractivity contribution >= 4 is 28.4 Å². The number of hydrogen-bond acceptors (Lipinski definition) is 6. The Morgan fingerprint density at radius 3 is 2.30 bits per heavy atom. The van der Waals surface area contributed by atoms with Crippen molar-refractivity contribution in [2.45, 2.75) is 20.8 Å². The van der Waals surface area contributed by atoms with Gasteiger partial charge >= 0.3 is 6.03 Å². The van der Waals surface area contributed by atoms with Crippen molar-refractivity contribution in [1.29, 1.82) is 5.26 Å². The number of aromatic nitrogens is 2. The van der Waals surface area contributed by atoms with Crippen molar-refractivity contribution in [3.8, 4) is 27.8 Å². The highest BCUT2D eigenvalue weighted by molar-refractivity contribution is 7.19. The summed E-state index contributed by atoms with van der Waals surface area (Å²) in [6, 6.07) is 13.2. The Balaban J connectivity index is 1.66. The number of piperazine rings is 1. The monoisotopic (exact) mass is 460 g/mol. The van der Waals surface area contributed by atoms with Gasteiger partial charge in [0.15, 0.2) is 5.13 Å². The smallest absolute Gasteiger partial charge is 0.323 e. The van der Waals surface area contributed by atoms with E-state index in [1.807, 2.05) is 38.1 Å². The molecule has 0 bridgehead atoms. The van der Waals surface area contributed by atoms with Crippen LogP contribution in [0.4, 0.5) is 9.93 Å². The Labute approximate surface area is 196 Å². The molecule has 168 valence electrons. The standard InChI is InChI=1S/C24H24N6O2S/c1-15-11-20(12-16(2)26-15)22-21(19-6-4-5-18(13-19)14-25)27-23(33-22)28-24(32)30-9-7-29(8-10-30)17(3)31/h4-6,11-13H,7-10H2,1-3H3,(H,27,28,32). The van der Waals surface area contributed by atoms with E-state index in [9.17, 15) is 14.9 Å². The molecule has 0 atom stereocenters. The van der Waals surface area contributed by atoms with Crippen LogP contribution in [0.15, 0.2) is 36.4 Å². The van der Waals surface area contributed by atoms with Crippen LogP contribution in [0.5, 0.6) is 0 Å². The molecule has 0 spiro atoms. The van der Waals surface area contributed by atoms with Gasteiger partial charge in [0.1, 0.15) is 0 Å². The van der Waals surface area contributed by atoms with Gasteiger partial charge in [0.25, 0.3) is 0 Å². The first kappa shape index (κ1) is 22.4. The second kappa shape index (κ2) is 9.38. The Hall–Kier alpha value is -3.77. The normalized spacial score (nSPS) is 13.5. The van der Waals surface area contributed by atoms with Crippen molar-refractivity contribution in [2.24, 2.45) is 0 Å². The summed E-state index contributed by atoms with van der Waals surface area (Å²) in [5.41, 5.74) is 4.81. The molecule has 0 aliphatic carbocycles. The number of carbonyl (C=O) groups excluding carboxylic acids is 2. The lowest BCUT2D eigenvalue weighted by atomic mass is 10.0. The van der Waals surface area contributed by atoms with Gasteiger partial charge in [-0.15, -0.1) is 0 Å². The molecule has 1 saturated heterocycles. The fourth-order valence-electron chi connectivity index (χ4n) is 3.86. The van der Waals surface area contributed by atoms with Crippen molar-refractivity contribution in [1.82, 2.24) is 19.8 Å². The van der Waals surface area contributed by atoms with Crippen LogP contribution in [0.1, 0.15) is 23.9 Å². The second-order valence-electron chi connectivity index (χ2n) is 7.95. The maximum absolute atomic E-state index is 12.9. The van der Waals surface area contributed by atoms with Crippen molar-refractivity contribution in [2.75, 3.05) is 31.5 Å². The van der Waals surface area contributed by atoms with Gasteiger partial charge in [0.2, 0.25) is 5.91 Å². The zero-order valence-electron chi connectivity index (χ0n) is 18.8. The van der Waals surface area contributed by atoms with Gasteiger partial charge in [-0.3, -0.25) is 15.1 Å². The van der Waals surface area contributed by atoms with Gasteiger partial charge in [0.05, 0.1) is 22.2 Å². The molecule has 3 aromatic rings. The molecule has 9 heteroatoms. The number of aryl methyl sites for hydroxylation is 2. The summed E-state index contributed by atoms with van der Waals surface area (Å²) in [6.07, 6.45) is 0. The molecule has 33 heavy (non-hydrogen) atoms. The minimum Gasteiger partial charge on any atom is -0.339 e. The van der Waals surface area contributed by atoms with Gasteiger partial charge in [-0.05, 0) is 43.7 Å². The molecule has 3 amide bonds. The lowest BCUT2D eigenvalue weighted by Gasteiger charge is -2.33. The van der Waals surface area contributed by atoms with Gasteiger partial charge in [0, 0.05) is 50.1 Å². The Kier molecular flexibility index (Phi) is 6.38. The highest BCUT2D eigenvalue weighted by atomic mass is 32.1. The van der Waals surface area contributed by atoms with Gasteiger partial charge in [-0.25, -0.2) is 9.78 Å². The number of urea groups is 1. The number of rotatable bonds is 3. The fraction of sp³-hybridized carbons (Fsp3) is 0.292. The molecule has 1 aromatic carbocycles. The predicted molar refractivity (Wildman–Crippen MR) is 128 cm³/mol. The highest BCUT2D eigenvalue weighted by Gasteiger charge is 2.24. The van der Waals surface area contributed by atoms with E-state index in [0.717, 1.165) is 27.4 Å². The summed E-state index contributed by atoms with van der Waals surface area (Å²) in [5.74, 6) is 0.0202. The van der Waals surface area contributed by atoms with Crippen LogP contribution in [0.3, 0.4) is 0 Å². The SMILES string of the molecule is CC(=O)N1CCN(C(=O)Nc2nc(-c3cccc(C#N)c3)c(-c3cc(C)nc(C)c3)s2)CC1. The van der Waals surface area contributed by atoms with E-state index in [2.05, 4.69) is 16.4 Å². The molecule has 8 nitrogen and oxygen atoms in total. The number of pyridine rings is 1. The van der Waals surface area contributed by atoms with Crippen LogP contribution >= 0.6 is 11.3 Å². The van der Waals surface area contributed by atoms with E-state index in [-0.39, 0.29) is 11.9 Å². The highest BCUT2D eigenvalue weighted by Crippen LogP contribution is 2.39. The largest absolute Gasteiger partial charge is 0.339 e. The third kappa shape index (κ3) is 5.02. The molecule has 1 N–H and O–H groups in total. The topological polar surface area (TPSA) is 102 Å². The minimum atomic E-state index is -0.238. The first-order chi connectivity index (χ1) is 15.8. The molecule has 0 radical (unpaired) electrons. The van der Waals surface area contributed by atoms with E-state index >= 15 is 0 Å². The molecule has 0 saturated carbocycles. The van der Waals surface area contributed by atoms with E-state index in [0.29, 0.717) is 42.6 Å². The average Bonchev–Trinajstić information content (AvgIpc) is 3.22. The maximum atomic E-state index is 12.9. The van der Waals surface area contributed by atoms with Crippen LogP contribution in [0.2, 0.25) is 0 Å². The number of benzene rings is 1. The molecule has 3 heterocycles. The Morgan fingerprint density at radius 1 is 1.00 bits per heavy atom. The molecular weight excluding hydrogens is 436 g/mol.